The largest absolute Gasteiger partial charge is 0.397 e. The number of hydrogen-bond acceptors (Lipinski definition) is 4. The van der Waals surface area contributed by atoms with Crippen LogP contribution in [-0.2, 0) is 13.6 Å². The molecule has 0 bridgehead atoms. The van der Waals surface area contributed by atoms with E-state index in [1.807, 2.05) is 29.9 Å². The average molecular weight is 203 g/mol. The smallest absolute Gasteiger partial charge is 0.126 e. The summed E-state index contributed by atoms with van der Waals surface area (Å²) in [5, 5.41) is 7.27. The van der Waals surface area contributed by atoms with E-state index in [4.69, 9.17) is 5.73 Å². The molecule has 0 amide bonds. The van der Waals surface area contributed by atoms with E-state index < -0.39 is 0 Å². The molecule has 0 saturated heterocycles. The predicted octanol–water partition coefficient (Wildman–Crippen LogP) is 1.01. The third-order valence-electron chi connectivity index (χ3n) is 2.16. The summed E-state index contributed by atoms with van der Waals surface area (Å²) in [5.74, 6) is 0.811. The highest BCUT2D eigenvalue weighted by Crippen LogP contribution is 2.07. The van der Waals surface area contributed by atoms with Crippen LogP contribution in [0.3, 0.4) is 0 Å². The molecular formula is C10H13N5. The van der Waals surface area contributed by atoms with Gasteiger partial charge in [-0.05, 0) is 18.2 Å². The van der Waals surface area contributed by atoms with Crippen LogP contribution in [0.5, 0.6) is 0 Å². The molecule has 5 nitrogen and oxygen atoms in total. The van der Waals surface area contributed by atoms with Crippen molar-refractivity contribution >= 4 is 11.5 Å². The van der Waals surface area contributed by atoms with E-state index in [1.165, 1.54) is 0 Å². The van der Waals surface area contributed by atoms with E-state index in [0.29, 0.717) is 12.2 Å². The van der Waals surface area contributed by atoms with Crippen molar-refractivity contribution in [2.45, 2.75) is 6.54 Å². The SMILES string of the molecule is Cn1nccc1CNc1ccc(N)cn1. The van der Waals surface area contributed by atoms with E-state index >= 15 is 0 Å². The molecule has 0 aliphatic heterocycles. The lowest BCUT2D eigenvalue weighted by atomic mass is 10.4. The Labute approximate surface area is 87.9 Å². The summed E-state index contributed by atoms with van der Waals surface area (Å²) in [7, 11) is 1.91. The van der Waals surface area contributed by atoms with Gasteiger partial charge in [0.05, 0.1) is 24.1 Å². The third-order valence-corrected chi connectivity index (χ3v) is 2.16. The number of rotatable bonds is 3. The van der Waals surface area contributed by atoms with E-state index in [1.54, 1.807) is 12.4 Å². The van der Waals surface area contributed by atoms with Gasteiger partial charge in [0.2, 0.25) is 0 Å². The van der Waals surface area contributed by atoms with Crippen molar-refractivity contribution in [2.75, 3.05) is 11.1 Å². The highest BCUT2D eigenvalue weighted by Gasteiger charge is 1.98. The highest BCUT2D eigenvalue weighted by molar-refractivity contribution is 5.43. The number of nitrogens with zero attached hydrogens (tertiary/aromatic N) is 3. The molecule has 2 aromatic rings. The molecule has 0 radical (unpaired) electrons. The number of anilines is 2. The molecule has 15 heavy (non-hydrogen) atoms. The van der Waals surface area contributed by atoms with Gasteiger partial charge in [0.15, 0.2) is 0 Å². The van der Waals surface area contributed by atoms with Gasteiger partial charge in [0.25, 0.3) is 0 Å². The zero-order valence-electron chi connectivity index (χ0n) is 8.51. The quantitative estimate of drug-likeness (QED) is 0.781. The predicted molar refractivity (Wildman–Crippen MR) is 59.2 cm³/mol. The van der Waals surface area contributed by atoms with Crippen LogP contribution in [0.1, 0.15) is 5.69 Å². The third kappa shape index (κ3) is 2.25. The van der Waals surface area contributed by atoms with Crippen LogP contribution in [0, 0.1) is 0 Å². The zero-order chi connectivity index (χ0) is 10.7. The molecular weight excluding hydrogens is 190 g/mol. The van der Waals surface area contributed by atoms with Crippen molar-refractivity contribution in [2.24, 2.45) is 7.05 Å². The van der Waals surface area contributed by atoms with E-state index in [-0.39, 0.29) is 0 Å². The second-order valence-corrected chi connectivity index (χ2v) is 3.28. The Balaban J connectivity index is 1.99. The maximum absolute atomic E-state index is 5.54. The molecule has 0 spiro atoms. The number of nitrogens with one attached hydrogen (secondary N) is 1. The lowest BCUT2D eigenvalue weighted by Gasteiger charge is -2.05. The standard InChI is InChI=1S/C10H13N5/c1-15-9(4-5-14-15)7-13-10-3-2-8(11)6-12-10/h2-6H,7,11H2,1H3,(H,12,13). The Morgan fingerprint density at radius 1 is 1.40 bits per heavy atom. The van der Waals surface area contributed by atoms with Crippen LogP contribution in [-0.4, -0.2) is 14.8 Å². The van der Waals surface area contributed by atoms with Gasteiger partial charge >= 0.3 is 0 Å². The van der Waals surface area contributed by atoms with Crippen molar-refractivity contribution < 1.29 is 0 Å². The van der Waals surface area contributed by atoms with Gasteiger partial charge in [-0.25, -0.2) is 4.98 Å². The van der Waals surface area contributed by atoms with Crippen molar-refractivity contribution in [3.63, 3.8) is 0 Å². The molecule has 2 rings (SSSR count). The summed E-state index contributed by atoms with van der Waals surface area (Å²) < 4.78 is 1.82. The fourth-order valence-electron chi connectivity index (χ4n) is 1.27. The first-order valence-electron chi connectivity index (χ1n) is 4.68. The first-order chi connectivity index (χ1) is 7.25. The number of aryl methyl sites for hydroxylation is 1. The lowest BCUT2D eigenvalue weighted by Crippen LogP contribution is -2.06. The summed E-state index contributed by atoms with van der Waals surface area (Å²) in [6.07, 6.45) is 3.40. The molecule has 5 heteroatoms. The molecule has 2 heterocycles. The monoisotopic (exact) mass is 203 g/mol. The average Bonchev–Trinajstić information content (AvgIpc) is 2.63. The summed E-state index contributed by atoms with van der Waals surface area (Å²) in [4.78, 5) is 4.14. The first kappa shape index (κ1) is 9.51. The summed E-state index contributed by atoms with van der Waals surface area (Å²) in [6, 6.07) is 5.63. The Morgan fingerprint density at radius 2 is 2.27 bits per heavy atom. The zero-order valence-corrected chi connectivity index (χ0v) is 8.51. The topological polar surface area (TPSA) is 68.8 Å². The van der Waals surface area contributed by atoms with Crippen LogP contribution in [0.4, 0.5) is 11.5 Å². The van der Waals surface area contributed by atoms with E-state index in [0.717, 1.165) is 11.5 Å². The molecule has 0 aliphatic rings. The fourth-order valence-corrected chi connectivity index (χ4v) is 1.27. The summed E-state index contributed by atoms with van der Waals surface area (Å²) >= 11 is 0. The minimum Gasteiger partial charge on any atom is -0.397 e. The minimum absolute atomic E-state index is 0.668. The Morgan fingerprint density at radius 3 is 2.87 bits per heavy atom. The number of nitrogen functional groups attached to an aromatic ring is 1. The molecule has 0 atom stereocenters. The molecule has 0 aromatic carbocycles. The number of hydrogen-bond donors (Lipinski definition) is 2. The van der Waals surface area contributed by atoms with Gasteiger partial charge in [0, 0.05) is 13.2 Å². The maximum Gasteiger partial charge on any atom is 0.126 e. The van der Waals surface area contributed by atoms with E-state index in [2.05, 4.69) is 15.4 Å². The number of nitrogens with two attached hydrogens (primary N) is 1. The number of aromatic nitrogens is 3. The lowest BCUT2D eigenvalue weighted by molar-refractivity contribution is 0.720. The first-order valence-corrected chi connectivity index (χ1v) is 4.68. The fraction of sp³-hybridized carbons (Fsp3) is 0.200. The molecule has 0 saturated carbocycles. The second kappa shape index (κ2) is 4.00. The van der Waals surface area contributed by atoms with Gasteiger partial charge in [-0.2, -0.15) is 5.10 Å². The molecule has 3 N–H and O–H groups in total. The maximum atomic E-state index is 5.54. The van der Waals surface area contributed by atoms with Crippen LogP contribution >= 0.6 is 0 Å². The van der Waals surface area contributed by atoms with Crippen LogP contribution in [0.15, 0.2) is 30.6 Å². The van der Waals surface area contributed by atoms with Crippen molar-refractivity contribution in [1.82, 2.24) is 14.8 Å². The van der Waals surface area contributed by atoms with Gasteiger partial charge in [-0.3, -0.25) is 4.68 Å². The van der Waals surface area contributed by atoms with Gasteiger partial charge < -0.3 is 11.1 Å². The molecule has 78 valence electrons. The molecule has 0 unspecified atom stereocenters. The van der Waals surface area contributed by atoms with Crippen LogP contribution < -0.4 is 11.1 Å². The summed E-state index contributed by atoms with van der Waals surface area (Å²) in [6.45, 7) is 0.702. The number of pyridine rings is 1. The minimum atomic E-state index is 0.668. The van der Waals surface area contributed by atoms with Crippen molar-refractivity contribution in [3.05, 3.63) is 36.3 Å². The molecule has 2 aromatic heterocycles. The van der Waals surface area contributed by atoms with Crippen molar-refractivity contribution in [1.29, 1.82) is 0 Å². The van der Waals surface area contributed by atoms with Crippen LogP contribution in [0.25, 0.3) is 0 Å². The van der Waals surface area contributed by atoms with Gasteiger partial charge in [-0.15, -0.1) is 0 Å². The van der Waals surface area contributed by atoms with Gasteiger partial charge in [-0.1, -0.05) is 0 Å². The molecule has 0 fully saturated rings. The Kier molecular flexibility index (Phi) is 2.53. The molecule has 0 aliphatic carbocycles. The second-order valence-electron chi connectivity index (χ2n) is 3.28. The van der Waals surface area contributed by atoms with Crippen molar-refractivity contribution in [3.8, 4) is 0 Å². The summed E-state index contributed by atoms with van der Waals surface area (Å²) in [5.41, 5.74) is 7.31. The Hall–Kier alpha value is -2.04. The van der Waals surface area contributed by atoms with E-state index in [9.17, 15) is 0 Å². The normalized spacial score (nSPS) is 10.2. The highest BCUT2D eigenvalue weighted by atomic mass is 15.3. The van der Waals surface area contributed by atoms with Crippen LogP contribution in [0.2, 0.25) is 0 Å². The Bertz CT molecular complexity index is 431. The van der Waals surface area contributed by atoms with Gasteiger partial charge in [0.1, 0.15) is 5.82 Å².